The van der Waals surface area contributed by atoms with Gasteiger partial charge in [-0.05, 0) is 49.7 Å². The molecule has 2 aliphatic rings. The second kappa shape index (κ2) is 10.5. The molecule has 1 saturated carbocycles. The van der Waals surface area contributed by atoms with Gasteiger partial charge in [0.1, 0.15) is 5.75 Å². The molecule has 0 spiro atoms. The highest BCUT2D eigenvalue weighted by molar-refractivity contribution is 6.47. The van der Waals surface area contributed by atoms with Gasteiger partial charge in [0.25, 0.3) is 0 Å². The van der Waals surface area contributed by atoms with Gasteiger partial charge in [-0.25, -0.2) is 9.59 Å². The van der Waals surface area contributed by atoms with Crippen LogP contribution < -0.4 is 26.3 Å². The predicted octanol–water partition coefficient (Wildman–Crippen LogP) is 0.0310. The highest BCUT2D eigenvalue weighted by Gasteiger charge is 2.38. The van der Waals surface area contributed by atoms with Crippen molar-refractivity contribution in [1.29, 1.82) is 0 Å². The number of nitrogens with two attached hydrogens (primary N) is 1. The molecule has 0 bridgehead atoms. The van der Waals surface area contributed by atoms with Crippen molar-refractivity contribution in [2.75, 3.05) is 13.1 Å². The lowest BCUT2D eigenvalue weighted by molar-refractivity contribution is -0.122. The number of carbonyl (C=O) groups excluding carboxylic acids is 2. The summed E-state index contributed by atoms with van der Waals surface area (Å²) in [5.41, 5.74) is 5.99. The first kappa shape index (κ1) is 22.9. The van der Waals surface area contributed by atoms with E-state index in [1.165, 1.54) is 6.07 Å². The number of rotatable bonds is 7. The van der Waals surface area contributed by atoms with E-state index in [0.29, 0.717) is 25.1 Å². The number of aromatic carboxylic acids is 1. The van der Waals surface area contributed by atoms with Crippen LogP contribution in [0.15, 0.2) is 18.2 Å². The van der Waals surface area contributed by atoms with Crippen LogP contribution in [-0.4, -0.2) is 60.2 Å². The molecule has 3 amide bonds. The Morgan fingerprint density at radius 2 is 1.90 bits per heavy atom. The number of hydrogen-bond donors (Lipinski definition) is 6. The fourth-order valence-corrected chi connectivity index (χ4v) is 4.18. The van der Waals surface area contributed by atoms with Crippen molar-refractivity contribution in [2.24, 2.45) is 11.7 Å². The third-order valence-electron chi connectivity index (χ3n) is 5.78. The van der Waals surface area contributed by atoms with Gasteiger partial charge < -0.3 is 36.5 Å². The van der Waals surface area contributed by atoms with E-state index in [9.17, 15) is 24.5 Å². The molecule has 1 aliphatic carbocycles. The Morgan fingerprint density at radius 1 is 1.16 bits per heavy atom. The van der Waals surface area contributed by atoms with E-state index in [1.807, 2.05) is 0 Å². The first-order valence-electron chi connectivity index (χ1n) is 10.6. The smallest absolute Gasteiger partial charge is 0.534 e. The zero-order chi connectivity index (χ0) is 22.4. The van der Waals surface area contributed by atoms with Gasteiger partial charge in [0, 0.05) is 25.6 Å². The number of carboxylic acids is 1. The Kier molecular flexibility index (Phi) is 7.75. The fourth-order valence-electron chi connectivity index (χ4n) is 4.18. The first-order valence-corrected chi connectivity index (χ1v) is 10.6. The first-order chi connectivity index (χ1) is 14.9. The van der Waals surface area contributed by atoms with E-state index in [-0.39, 0.29) is 41.6 Å². The van der Waals surface area contributed by atoms with Crippen LogP contribution in [0.3, 0.4) is 0 Å². The van der Waals surface area contributed by atoms with Crippen LogP contribution in [0, 0.1) is 5.92 Å². The van der Waals surface area contributed by atoms with E-state index in [1.54, 1.807) is 12.1 Å². The summed E-state index contributed by atoms with van der Waals surface area (Å²) in [6.45, 7) is 0.822. The number of hydrogen-bond acceptors (Lipinski definition) is 6. The molecule has 0 unspecified atom stereocenters. The third kappa shape index (κ3) is 6.11. The second-order valence-electron chi connectivity index (χ2n) is 8.10. The molecule has 0 saturated heterocycles. The number of benzene rings is 1. The lowest BCUT2D eigenvalue weighted by Crippen LogP contribution is -2.53. The number of fused-ring (bicyclic) bond motifs is 1. The number of nitrogens with one attached hydrogen (secondary N) is 3. The summed E-state index contributed by atoms with van der Waals surface area (Å²) in [5, 5.41) is 28.0. The molecule has 3 rings (SSSR count). The molecule has 31 heavy (non-hydrogen) atoms. The molecule has 0 aromatic heterocycles. The molecule has 7 N–H and O–H groups in total. The Hall–Kier alpha value is -2.79. The summed E-state index contributed by atoms with van der Waals surface area (Å²) in [7, 11) is -1.32. The van der Waals surface area contributed by atoms with E-state index >= 15 is 0 Å². The Bertz CT molecular complexity index is 815. The maximum atomic E-state index is 12.5. The minimum atomic E-state index is -1.32. The molecule has 1 atom stereocenters. The van der Waals surface area contributed by atoms with Crippen molar-refractivity contribution in [3.8, 4) is 5.75 Å². The molecule has 1 aromatic carbocycles. The largest absolute Gasteiger partial charge is 0.547 e. The number of amides is 3. The van der Waals surface area contributed by atoms with Gasteiger partial charge in [-0.15, -0.1) is 0 Å². The maximum Gasteiger partial charge on any atom is 0.547 e. The van der Waals surface area contributed by atoms with Gasteiger partial charge in [-0.2, -0.15) is 0 Å². The summed E-state index contributed by atoms with van der Waals surface area (Å²) in [6, 6.07) is 4.63. The fraction of sp³-hybridized carbons (Fsp3) is 0.550. The topological polar surface area (TPSA) is 163 Å². The SMILES string of the molecule is NCCNC(=O)N[C@H]1CC[C@H](CC(=O)N[C@H]2Cc3cccc(C(=O)O)c3OB2O)CC1. The average Bonchev–Trinajstić information content (AvgIpc) is 2.73. The van der Waals surface area contributed by atoms with Gasteiger partial charge in [0.05, 0.1) is 11.5 Å². The predicted molar refractivity (Wildman–Crippen MR) is 114 cm³/mol. The van der Waals surface area contributed by atoms with Crippen molar-refractivity contribution < 1.29 is 29.2 Å². The molecule has 168 valence electrons. The average molecular weight is 432 g/mol. The Balaban J connectivity index is 1.46. The number of urea groups is 1. The molecule has 10 nitrogen and oxygen atoms in total. The molecular formula is C20H29BN4O6. The minimum Gasteiger partial charge on any atom is -0.534 e. The second-order valence-corrected chi connectivity index (χ2v) is 8.10. The summed E-state index contributed by atoms with van der Waals surface area (Å²) < 4.78 is 5.41. The minimum absolute atomic E-state index is 0.0107. The standard InChI is InChI=1S/C20H29BN4O6/c22-8-9-23-20(29)24-14-6-4-12(5-7-14)10-17(26)25-16-11-13-2-1-3-15(19(27)28)18(13)31-21(16)30/h1-3,12,14,16,30H,4-11,22H2,(H,25,26)(H,27,28)(H2,23,24,29)/t12-,14-,16-/m0/s1. The lowest BCUT2D eigenvalue weighted by atomic mass is 9.72. The highest BCUT2D eigenvalue weighted by Crippen LogP contribution is 2.31. The molecule has 1 heterocycles. The van der Waals surface area contributed by atoms with Crippen LogP contribution in [0.2, 0.25) is 0 Å². The number of carbonyl (C=O) groups is 3. The normalized spacial score (nSPS) is 22.6. The maximum absolute atomic E-state index is 12.5. The summed E-state index contributed by atoms with van der Waals surface area (Å²) in [6.07, 6.45) is 3.87. The van der Waals surface area contributed by atoms with Gasteiger partial charge in [-0.1, -0.05) is 12.1 Å². The lowest BCUT2D eigenvalue weighted by Gasteiger charge is -2.31. The molecular weight excluding hydrogens is 403 g/mol. The molecule has 1 fully saturated rings. The van der Waals surface area contributed by atoms with Crippen LogP contribution in [0.4, 0.5) is 4.79 Å². The molecule has 11 heteroatoms. The summed E-state index contributed by atoms with van der Waals surface area (Å²) in [4.78, 5) is 35.6. The van der Waals surface area contributed by atoms with Crippen LogP contribution in [0.25, 0.3) is 0 Å². The zero-order valence-corrected chi connectivity index (χ0v) is 17.3. The molecule has 1 aliphatic heterocycles. The van der Waals surface area contributed by atoms with E-state index in [4.69, 9.17) is 10.4 Å². The number of carboxylic acid groups (broad SMARTS) is 1. The zero-order valence-electron chi connectivity index (χ0n) is 17.3. The Labute approximate surface area is 181 Å². The quantitative estimate of drug-likeness (QED) is 0.331. The van der Waals surface area contributed by atoms with Crippen molar-refractivity contribution >= 4 is 25.0 Å². The van der Waals surface area contributed by atoms with Crippen LogP contribution >= 0.6 is 0 Å². The van der Waals surface area contributed by atoms with Crippen LogP contribution in [0.1, 0.15) is 48.0 Å². The highest BCUT2D eigenvalue weighted by atomic mass is 16.5. The van der Waals surface area contributed by atoms with E-state index in [2.05, 4.69) is 16.0 Å². The van der Waals surface area contributed by atoms with Crippen LogP contribution in [-0.2, 0) is 11.2 Å². The van der Waals surface area contributed by atoms with Gasteiger partial charge in [0.15, 0.2) is 0 Å². The number of para-hydroxylation sites is 1. The monoisotopic (exact) mass is 432 g/mol. The van der Waals surface area contributed by atoms with Crippen molar-refractivity contribution in [2.45, 2.75) is 50.5 Å². The van der Waals surface area contributed by atoms with Gasteiger partial charge in [0.2, 0.25) is 5.91 Å². The van der Waals surface area contributed by atoms with Crippen molar-refractivity contribution in [3.63, 3.8) is 0 Å². The summed E-state index contributed by atoms with van der Waals surface area (Å²) in [5.74, 6) is -1.60. The molecule has 0 radical (unpaired) electrons. The third-order valence-corrected chi connectivity index (χ3v) is 5.78. The van der Waals surface area contributed by atoms with Crippen LogP contribution in [0.5, 0.6) is 5.75 Å². The molecule has 1 aromatic rings. The van der Waals surface area contributed by atoms with Crippen molar-refractivity contribution in [1.82, 2.24) is 16.0 Å². The van der Waals surface area contributed by atoms with E-state index < -0.39 is 19.0 Å². The van der Waals surface area contributed by atoms with Gasteiger partial charge >= 0.3 is 19.1 Å². The summed E-state index contributed by atoms with van der Waals surface area (Å²) >= 11 is 0. The van der Waals surface area contributed by atoms with Gasteiger partial charge in [-0.3, -0.25) is 4.79 Å². The van der Waals surface area contributed by atoms with Crippen molar-refractivity contribution in [3.05, 3.63) is 29.3 Å². The Morgan fingerprint density at radius 3 is 2.58 bits per heavy atom. The van der Waals surface area contributed by atoms with E-state index in [0.717, 1.165) is 25.7 Å².